The maximum Gasteiger partial charge on any atom is 0.180 e. The summed E-state index contributed by atoms with van der Waals surface area (Å²) in [5, 5.41) is -0.337. The van der Waals surface area contributed by atoms with Gasteiger partial charge in [0.05, 0.1) is 0 Å². The first kappa shape index (κ1) is 9.61. The van der Waals surface area contributed by atoms with Gasteiger partial charge < -0.3 is 4.57 Å². The molecule has 3 heteroatoms. The summed E-state index contributed by atoms with van der Waals surface area (Å²) >= 11 is 6.04. The van der Waals surface area contributed by atoms with Gasteiger partial charge in [0.15, 0.2) is 6.49 Å². The molecule has 0 bridgehead atoms. The molecule has 0 spiro atoms. The maximum atomic E-state index is 12.0. The summed E-state index contributed by atoms with van der Waals surface area (Å²) in [6.07, 6.45) is 0. The number of halogens is 1. The summed E-state index contributed by atoms with van der Waals surface area (Å²) in [6.45, 7) is 7.65. The van der Waals surface area contributed by atoms with Crippen molar-refractivity contribution >= 4 is 17.7 Å². The Morgan fingerprint density at radius 1 is 1.18 bits per heavy atom. The lowest BCUT2D eigenvalue weighted by molar-refractivity contribution is 0.279. The van der Waals surface area contributed by atoms with E-state index in [1.165, 1.54) is 0 Å². The van der Waals surface area contributed by atoms with Gasteiger partial charge in [-0.2, -0.15) is 0 Å². The molecule has 0 aromatic carbocycles. The second-order valence-electron chi connectivity index (χ2n) is 4.56. The van der Waals surface area contributed by atoms with Gasteiger partial charge in [0.25, 0.3) is 0 Å². The third-order valence-corrected chi connectivity index (χ3v) is 9.96. The quantitative estimate of drug-likeness (QED) is 0.538. The number of hydrogen-bond acceptors (Lipinski definition) is 1. The number of rotatable bonds is 0. The van der Waals surface area contributed by atoms with Gasteiger partial charge in [-0.15, -0.1) is 0 Å². The Labute approximate surface area is 73.7 Å². The molecule has 0 unspecified atom stereocenters. The minimum absolute atomic E-state index is 0.169. The van der Waals surface area contributed by atoms with Crippen molar-refractivity contribution in [3.8, 4) is 0 Å². The van der Waals surface area contributed by atoms with E-state index >= 15 is 0 Å². The Morgan fingerprint density at radius 3 is 1.55 bits per heavy atom. The van der Waals surface area contributed by atoms with E-state index in [1.807, 2.05) is 27.7 Å². The molecule has 0 saturated carbocycles. The molecule has 0 aromatic rings. The first-order valence-corrected chi connectivity index (χ1v) is 6.57. The molecule has 0 N–H and O–H groups in total. The summed E-state index contributed by atoms with van der Waals surface area (Å²) in [7, 11) is 0. The molecule has 0 atom stereocenters. The predicted molar refractivity (Wildman–Crippen MR) is 50.8 cm³/mol. The second kappa shape index (κ2) is 2.06. The Balaban J connectivity index is 3.09. The van der Waals surface area contributed by atoms with Crippen molar-refractivity contribution in [1.82, 2.24) is 0 Å². The van der Waals surface area contributed by atoms with E-state index in [4.69, 9.17) is 11.2 Å². The van der Waals surface area contributed by atoms with Crippen molar-refractivity contribution < 1.29 is 4.57 Å². The Morgan fingerprint density at radius 2 is 1.45 bits per heavy atom. The van der Waals surface area contributed by atoms with Crippen molar-refractivity contribution in [1.29, 1.82) is 0 Å². The summed E-state index contributed by atoms with van der Waals surface area (Å²) in [6, 6.07) is 0. The van der Waals surface area contributed by atoms with Crippen molar-refractivity contribution in [2.75, 3.05) is 0 Å². The van der Waals surface area contributed by atoms with E-state index < -0.39 is 6.49 Å². The molecule has 1 heterocycles. The van der Waals surface area contributed by atoms with Crippen LogP contribution in [0.25, 0.3) is 0 Å². The van der Waals surface area contributed by atoms with Crippen molar-refractivity contribution in [3.63, 3.8) is 0 Å². The van der Waals surface area contributed by atoms with E-state index in [0.29, 0.717) is 5.92 Å². The van der Waals surface area contributed by atoms with E-state index in [1.54, 1.807) is 0 Å². The predicted octanol–water partition coefficient (Wildman–Crippen LogP) is 3.71. The van der Waals surface area contributed by atoms with Crippen LogP contribution in [-0.4, -0.2) is 10.3 Å². The first-order chi connectivity index (χ1) is 4.65. The lowest BCUT2D eigenvalue weighted by Crippen LogP contribution is -2.55. The topological polar surface area (TPSA) is 17.1 Å². The molecular weight excluding hydrogens is 179 g/mol. The van der Waals surface area contributed by atoms with Crippen molar-refractivity contribution in [3.05, 3.63) is 0 Å². The Hall–Kier alpha value is 0.520. The van der Waals surface area contributed by atoms with Gasteiger partial charge in [-0.1, -0.05) is 45.9 Å². The van der Waals surface area contributed by atoms with Crippen LogP contribution in [0.15, 0.2) is 0 Å². The lowest BCUT2D eigenvalue weighted by Gasteiger charge is -2.59. The van der Waals surface area contributed by atoms with Crippen molar-refractivity contribution in [2.45, 2.75) is 44.9 Å². The molecule has 1 fully saturated rings. The molecule has 0 aromatic heterocycles. The third-order valence-electron chi connectivity index (χ3n) is 3.60. The van der Waals surface area contributed by atoms with Gasteiger partial charge in [-0.25, -0.2) is 0 Å². The van der Waals surface area contributed by atoms with Gasteiger partial charge in [-0.05, 0) is 5.92 Å². The fourth-order valence-corrected chi connectivity index (χ4v) is 5.84. The summed E-state index contributed by atoms with van der Waals surface area (Å²) in [4.78, 5) is 0. The molecule has 11 heavy (non-hydrogen) atoms. The van der Waals surface area contributed by atoms with Crippen LogP contribution in [0.3, 0.4) is 0 Å². The molecule has 0 aliphatic carbocycles. The van der Waals surface area contributed by atoms with Crippen LogP contribution in [0, 0.1) is 5.92 Å². The fourth-order valence-electron chi connectivity index (χ4n) is 2.04. The van der Waals surface area contributed by atoms with Crippen LogP contribution in [-0.2, 0) is 4.57 Å². The zero-order chi connectivity index (χ0) is 9.08. The highest BCUT2D eigenvalue weighted by molar-refractivity contribution is 7.92. The van der Waals surface area contributed by atoms with E-state index in [0.717, 1.165) is 0 Å². The standard InChI is InChI=1S/C8H16ClOP/c1-6-7(2,3)11(9,10)8(6,4)5/h6H,1-5H3. The SMILES string of the molecule is CC1C(C)(C)P(=O)(Cl)C1(C)C. The van der Waals surface area contributed by atoms with E-state index in [2.05, 4.69) is 6.92 Å². The average Bonchev–Trinajstić information content (AvgIpc) is 1.84. The largest absolute Gasteiger partial charge is 0.305 e. The highest BCUT2D eigenvalue weighted by Gasteiger charge is 2.67. The van der Waals surface area contributed by atoms with Crippen molar-refractivity contribution in [2.24, 2.45) is 5.92 Å². The minimum Gasteiger partial charge on any atom is -0.305 e. The summed E-state index contributed by atoms with van der Waals surface area (Å²) < 4.78 is 12.0. The molecule has 0 amide bonds. The van der Waals surface area contributed by atoms with Crippen LogP contribution in [0.5, 0.6) is 0 Å². The molecule has 1 aliphatic rings. The van der Waals surface area contributed by atoms with E-state index in [9.17, 15) is 4.57 Å². The minimum atomic E-state index is -2.46. The first-order valence-electron chi connectivity index (χ1n) is 3.95. The molecule has 1 rings (SSSR count). The van der Waals surface area contributed by atoms with Gasteiger partial charge in [0, 0.05) is 10.3 Å². The highest BCUT2D eigenvalue weighted by atomic mass is 35.7. The van der Waals surface area contributed by atoms with Gasteiger partial charge >= 0.3 is 0 Å². The Kier molecular flexibility index (Phi) is 1.80. The smallest absolute Gasteiger partial charge is 0.180 e. The molecule has 1 saturated heterocycles. The maximum absolute atomic E-state index is 12.0. The number of hydrogen-bond donors (Lipinski definition) is 0. The monoisotopic (exact) mass is 194 g/mol. The fraction of sp³-hybridized carbons (Fsp3) is 1.00. The van der Waals surface area contributed by atoms with E-state index in [-0.39, 0.29) is 10.3 Å². The summed E-state index contributed by atoms with van der Waals surface area (Å²) in [5.41, 5.74) is 0. The van der Waals surface area contributed by atoms with Crippen LogP contribution in [0.1, 0.15) is 34.6 Å². The van der Waals surface area contributed by atoms with Crippen LogP contribution in [0.2, 0.25) is 0 Å². The summed E-state index contributed by atoms with van der Waals surface area (Å²) in [5.74, 6) is 0.443. The highest BCUT2D eigenvalue weighted by Crippen LogP contribution is 2.84. The van der Waals surface area contributed by atoms with Crippen LogP contribution >= 0.6 is 17.7 Å². The normalized spacial score (nSPS) is 46.5. The molecule has 0 radical (unpaired) electrons. The Bertz CT molecular complexity index is 212. The van der Waals surface area contributed by atoms with Gasteiger partial charge in [0.2, 0.25) is 0 Å². The van der Waals surface area contributed by atoms with Gasteiger partial charge in [0.1, 0.15) is 0 Å². The third kappa shape index (κ3) is 0.820. The molecule has 1 aliphatic heterocycles. The molecule has 1 nitrogen and oxygen atoms in total. The zero-order valence-corrected chi connectivity index (χ0v) is 9.46. The molecule has 66 valence electrons. The average molecular weight is 195 g/mol. The lowest BCUT2D eigenvalue weighted by atomic mass is 9.83. The zero-order valence-electron chi connectivity index (χ0n) is 7.81. The van der Waals surface area contributed by atoms with Crippen LogP contribution in [0.4, 0.5) is 0 Å². The van der Waals surface area contributed by atoms with Gasteiger partial charge in [-0.3, -0.25) is 0 Å². The van der Waals surface area contributed by atoms with Crippen LogP contribution < -0.4 is 0 Å². The second-order valence-corrected chi connectivity index (χ2v) is 9.36. The molecular formula is C8H16ClOP.